The van der Waals surface area contributed by atoms with E-state index in [1.165, 1.54) is 24.3 Å². The number of sulfonamides is 1. The van der Waals surface area contributed by atoms with Crippen molar-refractivity contribution in [2.75, 3.05) is 10.0 Å². The van der Waals surface area contributed by atoms with Gasteiger partial charge in [0.2, 0.25) is 0 Å². The minimum Gasteiger partial charge on any atom is -0.322 e. The molecule has 150 valence electrons. The summed E-state index contributed by atoms with van der Waals surface area (Å²) in [5.74, 6) is -2.78. The number of hydrogen-bond acceptors (Lipinski definition) is 3. The van der Waals surface area contributed by atoms with Crippen molar-refractivity contribution in [1.82, 2.24) is 0 Å². The van der Waals surface area contributed by atoms with Gasteiger partial charge in [-0.05, 0) is 55.8 Å². The van der Waals surface area contributed by atoms with Gasteiger partial charge in [-0.3, -0.25) is 9.52 Å². The van der Waals surface area contributed by atoms with Crippen LogP contribution >= 0.6 is 0 Å². The Morgan fingerprint density at radius 1 is 0.828 bits per heavy atom. The van der Waals surface area contributed by atoms with Crippen molar-refractivity contribution in [2.45, 2.75) is 18.7 Å². The van der Waals surface area contributed by atoms with Gasteiger partial charge in [-0.2, -0.15) is 0 Å². The fourth-order valence-electron chi connectivity index (χ4n) is 2.64. The van der Waals surface area contributed by atoms with E-state index in [0.29, 0.717) is 11.3 Å². The molecule has 0 saturated carbocycles. The lowest BCUT2D eigenvalue weighted by atomic mass is 10.1. The smallest absolute Gasteiger partial charge is 0.262 e. The molecule has 3 aromatic rings. The molecule has 3 aromatic carbocycles. The minimum absolute atomic E-state index is 0.0525. The van der Waals surface area contributed by atoms with Crippen LogP contribution in [0.4, 0.5) is 20.2 Å². The van der Waals surface area contributed by atoms with E-state index in [4.69, 9.17) is 0 Å². The van der Waals surface area contributed by atoms with Crippen molar-refractivity contribution >= 4 is 27.3 Å². The van der Waals surface area contributed by atoms with E-state index in [0.717, 1.165) is 17.7 Å². The lowest BCUT2D eigenvalue weighted by Crippen LogP contribution is -2.17. The van der Waals surface area contributed by atoms with Crippen LogP contribution in [0.15, 0.2) is 65.6 Å². The van der Waals surface area contributed by atoms with Gasteiger partial charge in [0, 0.05) is 23.0 Å². The Bertz CT molecular complexity index is 1180. The van der Waals surface area contributed by atoms with Crippen molar-refractivity contribution in [2.24, 2.45) is 0 Å². The SMILES string of the molecule is Cc1ccc(NS(=O)(=O)c2cc(C(=O)Nc3ccc(F)c(F)c3)ccc2C)cc1. The first-order valence-electron chi connectivity index (χ1n) is 8.62. The Morgan fingerprint density at radius 3 is 2.14 bits per heavy atom. The Kier molecular flexibility index (Phi) is 5.65. The van der Waals surface area contributed by atoms with E-state index < -0.39 is 27.6 Å². The maximum atomic E-state index is 13.3. The quantitative estimate of drug-likeness (QED) is 0.637. The van der Waals surface area contributed by atoms with Gasteiger partial charge in [0.15, 0.2) is 11.6 Å². The molecule has 0 fully saturated rings. The Hall–Kier alpha value is -3.26. The molecule has 29 heavy (non-hydrogen) atoms. The molecular formula is C21H18F2N2O3S. The molecule has 1 amide bonds. The van der Waals surface area contributed by atoms with E-state index in [-0.39, 0.29) is 16.1 Å². The van der Waals surface area contributed by atoms with Gasteiger partial charge in [0.1, 0.15) is 0 Å². The number of nitrogens with one attached hydrogen (secondary N) is 2. The zero-order valence-corrected chi connectivity index (χ0v) is 16.5. The lowest BCUT2D eigenvalue weighted by molar-refractivity contribution is 0.102. The molecule has 0 aromatic heterocycles. The van der Waals surface area contributed by atoms with Crippen LogP contribution in [0, 0.1) is 25.5 Å². The number of aryl methyl sites for hydroxylation is 2. The standard InChI is InChI=1S/C21H18F2N2O3S/c1-13-3-7-16(8-4-13)25-29(27,28)20-11-15(6-5-14(20)2)21(26)24-17-9-10-18(22)19(23)12-17/h3-12,25H,1-2H3,(H,24,26). The van der Waals surface area contributed by atoms with Crippen LogP contribution in [-0.4, -0.2) is 14.3 Å². The first kappa shape index (κ1) is 20.5. The van der Waals surface area contributed by atoms with Gasteiger partial charge in [0.05, 0.1) is 4.90 Å². The largest absolute Gasteiger partial charge is 0.322 e. The molecule has 0 radical (unpaired) electrons. The summed E-state index contributed by atoms with van der Waals surface area (Å²) in [6.45, 7) is 3.50. The third-order valence-electron chi connectivity index (χ3n) is 4.22. The summed E-state index contributed by atoms with van der Waals surface area (Å²) in [4.78, 5) is 12.4. The summed E-state index contributed by atoms with van der Waals surface area (Å²) in [6.07, 6.45) is 0. The summed E-state index contributed by atoms with van der Waals surface area (Å²) in [5, 5.41) is 2.42. The number of rotatable bonds is 5. The predicted molar refractivity (Wildman–Crippen MR) is 107 cm³/mol. The van der Waals surface area contributed by atoms with Crippen LogP contribution in [0.5, 0.6) is 0 Å². The van der Waals surface area contributed by atoms with Crippen molar-refractivity contribution in [3.05, 3.63) is 89.0 Å². The summed E-state index contributed by atoms with van der Waals surface area (Å²) < 4.78 is 54.4. The number of hydrogen-bond donors (Lipinski definition) is 2. The highest BCUT2D eigenvalue weighted by atomic mass is 32.2. The Labute approximate surface area is 167 Å². The second-order valence-electron chi connectivity index (χ2n) is 6.53. The monoisotopic (exact) mass is 416 g/mol. The van der Waals surface area contributed by atoms with Crippen LogP contribution < -0.4 is 10.0 Å². The van der Waals surface area contributed by atoms with Gasteiger partial charge < -0.3 is 5.32 Å². The molecule has 0 aliphatic heterocycles. The number of amides is 1. The minimum atomic E-state index is -3.94. The molecule has 0 spiro atoms. The molecule has 0 saturated heterocycles. The zero-order chi connectivity index (χ0) is 21.2. The molecule has 8 heteroatoms. The zero-order valence-electron chi connectivity index (χ0n) is 15.7. The van der Waals surface area contributed by atoms with Gasteiger partial charge in [-0.1, -0.05) is 23.8 Å². The molecule has 5 nitrogen and oxygen atoms in total. The maximum Gasteiger partial charge on any atom is 0.262 e. The first-order valence-corrected chi connectivity index (χ1v) is 10.1. The predicted octanol–water partition coefficient (Wildman–Crippen LogP) is 4.63. The number of benzene rings is 3. The van der Waals surface area contributed by atoms with Gasteiger partial charge in [0.25, 0.3) is 15.9 Å². The summed E-state index contributed by atoms with van der Waals surface area (Å²) in [7, 11) is -3.94. The van der Waals surface area contributed by atoms with Crippen molar-refractivity contribution in [1.29, 1.82) is 0 Å². The highest BCUT2D eigenvalue weighted by Crippen LogP contribution is 2.22. The van der Waals surface area contributed by atoms with Crippen molar-refractivity contribution in [3.8, 4) is 0 Å². The average Bonchev–Trinajstić information content (AvgIpc) is 2.66. The molecule has 0 bridgehead atoms. The summed E-state index contributed by atoms with van der Waals surface area (Å²) in [6, 6.07) is 14.0. The first-order chi connectivity index (χ1) is 13.7. The number of halogens is 2. The fourth-order valence-corrected chi connectivity index (χ4v) is 3.97. The Morgan fingerprint density at radius 2 is 1.48 bits per heavy atom. The average molecular weight is 416 g/mol. The molecule has 0 heterocycles. The van der Waals surface area contributed by atoms with Crippen LogP contribution in [0.3, 0.4) is 0 Å². The van der Waals surface area contributed by atoms with E-state index in [9.17, 15) is 22.0 Å². The number of carbonyl (C=O) groups excluding carboxylic acids is 1. The van der Waals surface area contributed by atoms with Crippen LogP contribution in [0.1, 0.15) is 21.5 Å². The molecule has 3 rings (SSSR count). The van der Waals surface area contributed by atoms with Gasteiger partial charge in [-0.15, -0.1) is 0 Å². The number of carbonyl (C=O) groups is 1. The molecule has 0 aliphatic rings. The highest BCUT2D eigenvalue weighted by Gasteiger charge is 2.19. The molecule has 0 aliphatic carbocycles. The van der Waals surface area contributed by atoms with E-state index in [1.54, 1.807) is 31.2 Å². The second kappa shape index (κ2) is 8.00. The number of anilines is 2. The maximum absolute atomic E-state index is 13.3. The molecule has 0 atom stereocenters. The van der Waals surface area contributed by atoms with Crippen LogP contribution in [0.25, 0.3) is 0 Å². The van der Waals surface area contributed by atoms with E-state index in [2.05, 4.69) is 10.0 Å². The topological polar surface area (TPSA) is 75.3 Å². The second-order valence-corrected chi connectivity index (χ2v) is 8.19. The van der Waals surface area contributed by atoms with Crippen LogP contribution in [-0.2, 0) is 10.0 Å². The molecule has 2 N–H and O–H groups in total. The summed E-state index contributed by atoms with van der Waals surface area (Å²) >= 11 is 0. The van der Waals surface area contributed by atoms with Crippen molar-refractivity contribution < 1.29 is 22.0 Å². The fraction of sp³-hybridized carbons (Fsp3) is 0.0952. The van der Waals surface area contributed by atoms with Crippen molar-refractivity contribution in [3.63, 3.8) is 0 Å². The normalized spacial score (nSPS) is 11.2. The third kappa shape index (κ3) is 4.78. The highest BCUT2D eigenvalue weighted by molar-refractivity contribution is 7.92. The van der Waals surface area contributed by atoms with Crippen LogP contribution in [0.2, 0.25) is 0 Å². The third-order valence-corrected chi connectivity index (χ3v) is 5.74. The summed E-state index contributed by atoms with van der Waals surface area (Å²) in [5.41, 5.74) is 1.95. The Balaban J connectivity index is 1.87. The lowest BCUT2D eigenvalue weighted by Gasteiger charge is -2.12. The molecular weight excluding hydrogens is 398 g/mol. The van der Waals surface area contributed by atoms with Gasteiger partial charge in [-0.25, -0.2) is 17.2 Å². The van der Waals surface area contributed by atoms with Gasteiger partial charge >= 0.3 is 0 Å². The van der Waals surface area contributed by atoms with E-state index >= 15 is 0 Å². The molecule has 0 unspecified atom stereocenters. The van der Waals surface area contributed by atoms with E-state index in [1.807, 2.05) is 6.92 Å².